The Morgan fingerprint density at radius 1 is 1.20 bits per heavy atom. The zero-order chi connectivity index (χ0) is 24.5. The van der Waals surface area contributed by atoms with E-state index in [-0.39, 0.29) is 11.5 Å². The lowest BCUT2D eigenvalue weighted by molar-refractivity contribution is -0.132. The van der Waals surface area contributed by atoms with Crippen molar-refractivity contribution in [2.75, 3.05) is 25.9 Å². The van der Waals surface area contributed by atoms with Crippen LogP contribution in [0, 0.1) is 6.92 Å². The normalized spacial score (nSPS) is 17.5. The third-order valence-electron chi connectivity index (χ3n) is 5.65. The maximum atomic E-state index is 12.4. The molecule has 0 radical (unpaired) electrons. The Kier molecular flexibility index (Phi) is 6.16. The number of aliphatic imine (C=N–C) groups is 1. The second-order valence-corrected chi connectivity index (χ2v) is 9.23. The number of aryl methyl sites for hydroxylation is 1. The SMILES string of the molecule is Cc1nnc(-c2ccc(Oc3cc(OC4CCN(C)C4=O)cc(C(N)=O)c3C3=NCCS3)cc2)o1. The van der Waals surface area contributed by atoms with Gasteiger partial charge in [0.05, 0.1) is 11.1 Å². The Labute approximate surface area is 205 Å². The van der Waals surface area contributed by atoms with Crippen LogP contribution in [0.2, 0.25) is 0 Å². The van der Waals surface area contributed by atoms with Crippen molar-refractivity contribution < 1.29 is 23.5 Å². The van der Waals surface area contributed by atoms with Crippen molar-refractivity contribution in [3.05, 3.63) is 53.4 Å². The highest BCUT2D eigenvalue weighted by molar-refractivity contribution is 8.14. The highest BCUT2D eigenvalue weighted by atomic mass is 32.2. The number of hydrogen-bond acceptors (Lipinski definition) is 9. The molecule has 10 nitrogen and oxygen atoms in total. The van der Waals surface area contributed by atoms with Gasteiger partial charge < -0.3 is 24.5 Å². The Hall–Kier alpha value is -3.86. The second kappa shape index (κ2) is 9.41. The van der Waals surface area contributed by atoms with Gasteiger partial charge in [0.2, 0.25) is 17.7 Å². The second-order valence-electron chi connectivity index (χ2n) is 8.15. The number of nitrogens with two attached hydrogens (primary N) is 1. The Balaban J connectivity index is 1.51. The van der Waals surface area contributed by atoms with E-state index in [2.05, 4.69) is 15.2 Å². The van der Waals surface area contributed by atoms with E-state index in [1.165, 1.54) is 11.8 Å². The fourth-order valence-corrected chi connectivity index (χ4v) is 4.82. The molecular weight excluding hydrogens is 470 g/mol. The van der Waals surface area contributed by atoms with Gasteiger partial charge in [-0.15, -0.1) is 22.0 Å². The number of likely N-dealkylation sites (tertiary alicyclic amines) is 1. The maximum absolute atomic E-state index is 12.4. The number of carbonyl (C=O) groups is 2. The number of ether oxygens (including phenoxy) is 2. The average Bonchev–Trinajstić information content (AvgIpc) is 3.59. The lowest BCUT2D eigenvalue weighted by Crippen LogP contribution is -2.29. The number of hydrogen-bond donors (Lipinski definition) is 1. The van der Waals surface area contributed by atoms with Crippen molar-refractivity contribution in [2.24, 2.45) is 10.7 Å². The molecule has 2 aliphatic heterocycles. The molecule has 2 aromatic carbocycles. The van der Waals surface area contributed by atoms with Crippen LogP contribution in [0.25, 0.3) is 11.5 Å². The summed E-state index contributed by atoms with van der Waals surface area (Å²) >= 11 is 1.53. The number of benzene rings is 2. The van der Waals surface area contributed by atoms with Crippen molar-refractivity contribution in [3.8, 4) is 28.7 Å². The van der Waals surface area contributed by atoms with Gasteiger partial charge in [-0.2, -0.15) is 0 Å². The van der Waals surface area contributed by atoms with Gasteiger partial charge in [0.15, 0.2) is 6.10 Å². The largest absolute Gasteiger partial charge is 0.480 e. The van der Waals surface area contributed by atoms with E-state index in [9.17, 15) is 9.59 Å². The van der Waals surface area contributed by atoms with Gasteiger partial charge in [-0.1, -0.05) is 0 Å². The molecule has 5 rings (SSSR count). The third kappa shape index (κ3) is 4.72. The van der Waals surface area contributed by atoms with E-state index in [1.807, 2.05) is 0 Å². The molecule has 11 heteroatoms. The number of nitrogens with zero attached hydrogens (tertiary/aromatic N) is 4. The highest BCUT2D eigenvalue weighted by Gasteiger charge is 2.32. The summed E-state index contributed by atoms with van der Waals surface area (Å²) in [5, 5.41) is 8.55. The highest BCUT2D eigenvalue weighted by Crippen LogP contribution is 2.37. The molecule has 1 unspecified atom stereocenters. The molecule has 35 heavy (non-hydrogen) atoms. The first kappa shape index (κ1) is 22.9. The lowest BCUT2D eigenvalue weighted by Gasteiger charge is -2.18. The van der Waals surface area contributed by atoms with Crippen molar-refractivity contribution in [1.82, 2.24) is 15.1 Å². The summed E-state index contributed by atoms with van der Waals surface area (Å²) in [6.45, 7) is 2.96. The van der Waals surface area contributed by atoms with E-state index in [4.69, 9.17) is 19.6 Å². The molecule has 3 heterocycles. The minimum atomic E-state index is -0.637. The first-order valence-electron chi connectivity index (χ1n) is 11.0. The number of aromatic nitrogens is 2. The third-order valence-corrected chi connectivity index (χ3v) is 6.65. The fourth-order valence-electron chi connectivity index (χ4n) is 3.91. The topological polar surface area (TPSA) is 133 Å². The molecule has 2 aliphatic rings. The van der Waals surface area contributed by atoms with Crippen LogP contribution >= 0.6 is 11.8 Å². The number of amides is 2. The van der Waals surface area contributed by atoms with Gasteiger partial charge in [0.25, 0.3) is 5.91 Å². The Morgan fingerprint density at radius 2 is 2.00 bits per heavy atom. The van der Waals surface area contributed by atoms with E-state index >= 15 is 0 Å². The van der Waals surface area contributed by atoms with Crippen LogP contribution in [-0.4, -0.2) is 63.9 Å². The number of carbonyl (C=O) groups excluding carboxylic acids is 2. The average molecular weight is 494 g/mol. The van der Waals surface area contributed by atoms with E-state index in [0.717, 1.165) is 11.3 Å². The summed E-state index contributed by atoms with van der Waals surface area (Å²) in [4.78, 5) is 30.9. The van der Waals surface area contributed by atoms with Crippen molar-refractivity contribution in [2.45, 2.75) is 19.4 Å². The molecule has 0 spiro atoms. The molecule has 3 aromatic rings. The van der Waals surface area contributed by atoms with Gasteiger partial charge in [-0.3, -0.25) is 14.6 Å². The predicted molar refractivity (Wildman–Crippen MR) is 130 cm³/mol. The molecule has 1 saturated heterocycles. The molecule has 180 valence electrons. The van der Waals surface area contributed by atoms with Crippen LogP contribution < -0.4 is 15.2 Å². The summed E-state index contributed by atoms with van der Waals surface area (Å²) in [7, 11) is 1.73. The van der Waals surface area contributed by atoms with Crippen LogP contribution in [0.15, 0.2) is 45.8 Å². The molecule has 0 saturated carbocycles. The Morgan fingerprint density at radius 3 is 2.60 bits per heavy atom. The van der Waals surface area contributed by atoms with Crippen LogP contribution in [0.5, 0.6) is 17.2 Å². The molecule has 0 bridgehead atoms. The van der Waals surface area contributed by atoms with Gasteiger partial charge in [-0.05, 0) is 30.3 Å². The molecular formula is C24H23N5O5S. The number of thioether (sulfide) groups is 1. The van der Waals surface area contributed by atoms with Crippen molar-refractivity contribution in [1.29, 1.82) is 0 Å². The van der Waals surface area contributed by atoms with Gasteiger partial charge >= 0.3 is 0 Å². The number of likely N-dealkylation sites (N-methyl/N-ethyl adjacent to an activating group) is 1. The monoisotopic (exact) mass is 493 g/mol. The summed E-state index contributed by atoms with van der Waals surface area (Å²) in [5.74, 6) is 2.14. The van der Waals surface area contributed by atoms with Gasteiger partial charge in [0, 0.05) is 50.9 Å². The minimum Gasteiger partial charge on any atom is -0.480 e. The number of primary amides is 1. The van der Waals surface area contributed by atoms with Crippen LogP contribution in [0.1, 0.15) is 28.2 Å². The predicted octanol–water partition coefficient (Wildman–Crippen LogP) is 3.04. The van der Waals surface area contributed by atoms with Crippen molar-refractivity contribution in [3.63, 3.8) is 0 Å². The summed E-state index contributed by atoms with van der Waals surface area (Å²) in [6, 6.07) is 10.3. The first-order valence-corrected chi connectivity index (χ1v) is 12.0. The summed E-state index contributed by atoms with van der Waals surface area (Å²) in [5.41, 5.74) is 7.22. The molecule has 0 aliphatic carbocycles. The van der Waals surface area contributed by atoms with Gasteiger partial charge in [-0.25, -0.2) is 0 Å². The minimum absolute atomic E-state index is 0.111. The molecule has 2 N–H and O–H groups in total. The van der Waals surface area contributed by atoms with Crippen LogP contribution in [0.3, 0.4) is 0 Å². The van der Waals surface area contributed by atoms with Gasteiger partial charge in [0.1, 0.15) is 22.3 Å². The smallest absolute Gasteiger partial charge is 0.263 e. The van der Waals surface area contributed by atoms with E-state index < -0.39 is 12.0 Å². The van der Waals surface area contributed by atoms with Crippen LogP contribution in [-0.2, 0) is 4.79 Å². The number of rotatable bonds is 7. The fraction of sp³-hybridized carbons (Fsp3) is 0.292. The quantitative estimate of drug-likeness (QED) is 0.531. The molecule has 1 aromatic heterocycles. The lowest BCUT2D eigenvalue weighted by atomic mass is 10.1. The zero-order valence-electron chi connectivity index (χ0n) is 19.2. The standard InChI is InChI=1S/C24H23N5O5S/c1-13-27-28-22(32-13)14-3-5-15(6-4-14)33-19-12-16(34-18-7-9-29(2)24(18)31)11-17(21(25)30)20(19)23-26-8-10-35-23/h3-6,11-12,18H,7-10H2,1-2H3,(H2,25,30). The molecule has 1 fully saturated rings. The zero-order valence-corrected chi connectivity index (χ0v) is 20.0. The summed E-state index contributed by atoms with van der Waals surface area (Å²) in [6.07, 6.45) is -0.0759. The van der Waals surface area contributed by atoms with Crippen molar-refractivity contribution >= 4 is 28.6 Å². The van der Waals surface area contributed by atoms with Crippen LogP contribution in [0.4, 0.5) is 0 Å². The van der Waals surface area contributed by atoms with E-state index in [1.54, 1.807) is 55.3 Å². The maximum Gasteiger partial charge on any atom is 0.263 e. The first-order chi connectivity index (χ1) is 16.9. The van der Waals surface area contributed by atoms with E-state index in [0.29, 0.717) is 59.1 Å². The Bertz CT molecular complexity index is 1320. The molecule has 1 atom stereocenters. The molecule has 2 amide bonds. The summed E-state index contributed by atoms with van der Waals surface area (Å²) < 4.78 is 17.7.